The molecule has 3 rings (SSSR count). The van der Waals surface area contributed by atoms with Gasteiger partial charge in [-0.25, -0.2) is 9.13 Å². The molecule has 1 fully saturated rings. The van der Waals surface area contributed by atoms with Crippen LogP contribution >= 0.6 is 0 Å². The Morgan fingerprint density at radius 1 is 1.12 bits per heavy atom. The normalized spacial score (nSPS) is 20.2. The molecule has 1 aromatic carbocycles. The van der Waals surface area contributed by atoms with Crippen LogP contribution in [0.15, 0.2) is 47.8 Å². The number of halogens is 1. The van der Waals surface area contributed by atoms with Crippen molar-refractivity contribution >= 4 is 5.71 Å². The van der Waals surface area contributed by atoms with Crippen molar-refractivity contribution in [1.82, 2.24) is 4.57 Å². The first-order valence-corrected chi connectivity index (χ1v) is 9.25. The van der Waals surface area contributed by atoms with Crippen LogP contribution < -0.4 is 21.5 Å². The summed E-state index contributed by atoms with van der Waals surface area (Å²) >= 11 is 0. The van der Waals surface area contributed by atoms with Crippen LogP contribution in [-0.4, -0.2) is 16.3 Å². The van der Waals surface area contributed by atoms with Gasteiger partial charge in [-0.15, -0.1) is 0 Å². The van der Waals surface area contributed by atoms with Gasteiger partial charge in [0.05, 0.1) is 12.1 Å². The molecule has 1 heterocycles. The third-order valence-electron chi connectivity index (χ3n) is 4.95. The number of hydrogen-bond donors (Lipinski definition) is 0. The molecule has 0 unspecified atom stereocenters. The van der Waals surface area contributed by atoms with Gasteiger partial charge in [-0.1, -0.05) is 36.8 Å². The molecule has 0 aliphatic heterocycles. The molecule has 0 saturated heterocycles. The molecule has 2 aromatic rings. The average molecular weight is 404 g/mol. The third-order valence-corrected chi connectivity index (χ3v) is 4.95. The minimum Gasteiger partial charge on any atom is -1.00 e. The van der Waals surface area contributed by atoms with Crippen LogP contribution in [0.4, 0.5) is 0 Å². The molecule has 1 aliphatic carbocycles. The Balaban J connectivity index is 0.00000225. The van der Waals surface area contributed by atoms with Crippen molar-refractivity contribution in [3.63, 3.8) is 0 Å². The lowest BCUT2D eigenvalue weighted by atomic mass is 9.90. The zero-order chi connectivity index (χ0) is 17.1. The summed E-state index contributed by atoms with van der Waals surface area (Å²) in [5.41, 5.74) is 3.79. The fraction of sp³-hybridized carbons (Fsp3) is 0.524. The van der Waals surface area contributed by atoms with E-state index in [4.69, 9.17) is 4.99 Å². The van der Waals surface area contributed by atoms with E-state index in [-0.39, 0.29) is 17.0 Å². The Kier molecular flexibility index (Phi) is 7.00. The Bertz CT molecular complexity index is 699. The van der Waals surface area contributed by atoms with Crippen molar-refractivity contribution in [1.29, 1.82) is 0 Å². The van der Waals surface area contributed by atoms with Crippen molar-refractivity contribution in [2.75, 3.05) is 0 Å². The van der Waals surface area contributed by atoms with Crippen LogP contribution in [0.1, 0.15) is 65.5 Å². The van der Waals surface area contributed by atoms with Crippen LogP contribution in [0.3, 0.4) is 0 Å². The third kappa shape index (κ3) is 4.60. The van der Waals surface area contributed by atoms with Crippen molar-refractivity contribution in [3.05, 3.63) is 42.9 Å². The van der Waals surface area contributed by atoms with E-state index < -0.39 is 0 Å². The van der Waals surface area contributed by atoms with Crippen LogP contribution in [0.5, 0.6) is 0 Å². The van der Waals surface area contributed by atoms with E-state index in [0.717, 1.165) is 0 Å². The Morgan fingerprint density at radius 2 is 1.80 bits per heavy atom. The molecule has 4 heteroatoms. The second kappa shape index (κ2) is 8.79. The predicted molar refractivity (Wildman–Crippen MR) is 101 cm³/mol. The van der Waals surface area contributed by atoms with E-state index in [1.807, 2.05) is 0 Å². The van der Waals surface area contributed by atoms with Crippen molar-refractivity contribution in [3.8, 4) is 11.3 Å². The molecule has 0 amide bonds. The molecule has 3 nitrogen and oxygen atoms in total. The molecule has 0 bridgehead atoms. The Labute approximate surface area is 162 Å². The van der Waals surface area contributed by atoms with E-state index in [2.05, 4.69) is 79.7 Å². The molecule has 2 atom stereocenters. The van der Waals surface area contributed by atoms with Gasteiger partial charge >= 0.3 is 0 Å². The van der Waals surface area contributed by atoms with Crippen molar-refractivity contribution in [2.24, 2.45) is 4.99 Å². The molecule has 25 heavy (non-hydrogen) atoms. The first-order valence-electron chi connectivity index (χ1n) is 9.25. The summed E-state index contributed by atoms with van der Waals surface area (Å²) < 4.78 is 4.82. The zero-order valence-electron chi connectivity index (χ0n) is 15.8. The van der Waals surface area contributed by atoms with E-state index >= 15 is 0 Å². The summed E-state index contributed by atoms with van der Waals surface area (Å²) in [6, 6.07) is 12.1. The number of rotatable bonds is 4. The topological polar surface area (TPSA) is 21.2 Å². The number of hydrogen-bond acceptors (Lipinski definition) is 1. The minimum atomic E-state index is 0. The maximum Gasteiger partial charge on any atom is 0.244 e. The summed E-state index contributed by atoms with van der Waals surface area (Å²) in [4.78, 5) is 4.97. The van der Waals surface area contributed by atoms with E-state index in [0.29, 0.717) is 18.1 Å². The predicted octanol–water partition coefficient (Wildman–Crippen LogP) is 1.99. The molecule has 136 valence electrons. The smallest absolute Gasteiger partial charge is 0.244 e. The van der Waals surface area contributed by atoms with Crippen LogP contribution in [-0.2, 0) is 0 Å². The maximum atomic E-state index is 4.97. The zero-order valence-corrected chi connectivity index (χ0v) is 17.4. The van der Waals surface area contributed by atoms with Gasteiger partial charge in [0.25, 0.3) is 0 Å². The number of nitrogens with zero attached hydrogens (tertiary/aromatic N) is 3. The molecule has 1 aliphatic rings. The maximum absolute atomic E-state index is 4.97. The van der Waals surface area contributed by atoms with Gasteiger partial charge in [-0.2, -0.15) is 0 Å². The monoisotopic (exact) mass is 403 g/mol. The second-order valence-electron chi connectivity index (χ2n) is 7.44. The highest BCUT2D eigenvalue weighted by Crippen LogP contribution is 2.34. The largest absolute Gasteiger partial charge is 1.00 e. The lowest BCUT2D eigenvalue weighted by Crippen LogP contribution is -3.00. The van der Waals surface area contributed by atoms with Gasteiger partial charge in [0, 0.05) is 11.3 Å². The highest BCUT2D eigenvalue weighted by atomic mass is 79.9. The first-order chi connectivity index (χ1) is 11.6. The quantitative estimate of drug-likeness (QED) is 0.549. The van der Waals surface area contributed by atoms with Gasteiger partial charge in [0.15, 0.2) is 5.69 Å². The minimum absolute atomic E-state index is 0. The number of aromatic nitrogens is 2. The average Bonchev–Trinajstić information content (AvgIpc) is 3.01. The van der Waals surface area contributed by atoms with Crippen LogP contribution in [0.25, 0.3) is 11.3 Å². The van der Waals surface area contributed by atoms with Crippen molar-refractivity contribution < 1.29 is 21.5 Å². The number of benzene rings is 1. The molecular weight excluding hydrogens is 374 g/mol. The van der Waals surface area contributed by atoms with E-state index in [9.17, 15) is 0 Å². The molecule has 0 N–H and O–H groups in total. The van der Waals surface area contributed by atoms with E-state index in [1.165, 1.54) is 42.7 Å². The van der Waals surface area contributed by atoms with Gasteiger partial charge in [0.1, 0.15) is 12.2 Å². The lowest BCUT2D eigenvalue weighted by molar-refractivity contribution is -0.715. The lowest BCUT2D eigenvalue weighted by Gasteiger charge is -2.27. The van der Waals surface area contributed by atoms with E-state index in [1.54, 1.807) is 0 Å². The molecular formula is C21H30BrN3. The number of imidazole rings is 1. The first kappa shape index (κ1) is 19.9. The molecule has 1 aromatic heterocycles. The summed E-state index contributed by atoms with van der Waals surface area (Å²) in [7, 11) is 0. The second-order valence-corrected chi connectivity index (χ2v) is 7.44. The Morgan fingerprint density at radius 3 is 2.44 bits per heavy atom. The standard InChI is InChI=1S/C21H30N3.BrH/c1-16(2)22-19-12-8-9-13-20(19)24-15-23(17(3)4)14-21(24)18-10-6-5-7-11-18;/h5-7,10-11,14-15,17,19-20H,8-9,12-13H2,1-4H3;1H/q+1;/p-1/t19-,20-;/m1./s1. The highest BCUT2D eigenvalue weighted by Gasteiger charge is 2.33. The summed E-state index contributed by atoms with van der Waals surface area (Å²) in [5, 5.41) is 0. The SMILES string of the molecule is CC(C)=N[C@@H]1CCCC[C@H]1n1c[n+](C(C)C)cc1-c1ccccc1.[Br-]. The van der Waals surface area contributed by atoms with Crippen molar-refractivity contribution in [2.45, 2.75) is 71.5 Å². The van der Waals surface area contributed by atoms with Gasteiger partial charge < -0.3 is 17.0 Å². The molecule has 0 spiro atoms. The van der Waals surface area contributed by atoms with Gasteiger partial charge in [0.2, 0.25) is 6.33 Å². The summed E-state index contributed by atoms with van der Waals surface area (Å²) in [6.07, 6.45) is 9.61. The molecule has 0 radical (unpaired) electrons. The van der Waals surface area contributed by atoms with Gasteiger partial charge in [-0.3, -0.25) is 4.99 Å². The summed E-state index contributed by atoms with van der Waals surface area (Å²) in [6.45, 7) is 8.72. The van der Waals surface area contributed by atoms with Gasteiger partial charge in [-0.05, 0) is 47.0 Å². The van der Waals surface area contributed by atoms with Crippen LogP contribution in [0.2, 0.25) is 0 Å². The number of aliphatic imine (C=N–C) groups is 1. The fourth-order valence-corrected chi connectivity index (χ4v) is 3.72. The Hall–Kier alpha value is -1.42. The fourth-order valence-electron chi connectivity index (χ4n) is 3.72. The van der Waals surface area contributed by atoms with Crippen LogP contribution in [0, 0.1) is 0 Å². The highest BCUT2D eigenvalue weighted by molar-refractivity contribution is 5.79. The molecule has 1 saturated carbocycles. The summed E-state index contributed by atoms with van der Waals surface area (Å²) in [5.74, 6) is 0.